The number of carbonyl (C=O) groups is 2. The summed E-state index contributed by atoms with van der Waals surface area (Å²) in [7, 11) is 0. The third-order valence-corrected chi connectivity index (χ3v) is 2.16. The number of hydrazone groups is 2. The van der Waals surface area contributed by atoms with Crippen LogP contribution >= 0.6 is 0 Å². The molecule has 2 amide bonds. The first-order valence-electron chi connectivity index (χ1n) is 5.30. The second-order valence-electron chi connectivity index (χ2n) is 3.65. The highest BCUT2D eigenvalue weighted by Crippen LogP contribution is 1.99. The second-order valence-corrected chi connectivity index (χ2v) is 3.65. The molecule has 0 spiro atoms. The molecule has 0 aliphatic carbocycles. The predicted molar refractivity (Wildman–Crippen MR) is 64.8 cm³/mol. The average Bonchev–Trinajstić information content (AvgIpc) is 2.76. The Balaban J connectivity index is 1.78. The van der Waals surface area contributed by atoms with Crippen LogP contribution in [-0.2, 0) is 9.59 Å². The number of carbonyl (C=O) groups excluding carboxylic acids is 2. The highest BCUT2D eigenvalue weighted by molar-refractivity contribution is 6.11. The first kappa shape index (κ1) is 11.9. The van der Waals surface area contributed by atoms with E-state index in [9.17, 15) is 9.59 Å². The average molecular weight is 245 g/mol. The number of aromatic nitrogens is 1. The molecule has 1 aliphatic rings. The van der Waals surface area contributed by atoms with Gasteiger partial charge in [-0.25, -0.2) is 10.9 Å². The van der Waals surface area contributed by atoms with Crippen molar-refractivity contribution in [2.45, 2.75) is 12.8 Å². The SMILES string of the molecule is O=C(CC1=NNC(=O)C1)NN=Cc1cccnc1. The van der Waals surface area contributed by atoms with Gasteiger partial charge in [0.25, 0.3) is 0 Å². The lowest BCUT2D eigenvalue weighted by Gasteiger charge is -1.97. The van der Waals surface area contributed by atoms with Gasteiger partial charge in [0.2, 0.25) is 11.8 Å². The van der Waals surface area contributed by atoms with Gasteiger partial charge in [0.1, 0.15) is 0 Å². The van der Waals surface area contributed by atoms with E-state index < -0.39 is 0 Å². The molecule has 1 aromatic rings. The largest absolute Gasteiger partial charge is 0.273 e. The standard InChI is InChI=1S/C11H11N5O2/c17-10(4-9-5-11(18)16-14-9)15-13-7-8-2-1-3-12-6-8/h1-3,6-7H,4-5H2,(H,15,17)(H,16,18). The molecule has 0 unspecified atom stereocenters. The highest BCUT2D eigenvalue weighted by atomic mass is 16.2. The summed E-state index contributed by atoms with van der Waals surface area (Å²) >= 11 is 0. The van der Waals surface area contributed by atoms with Gasteiger partial charge < -0.3 is 0 Å². The molecular weight excluding hydrogens is 234 g/mol. The fourth-order valence-corrected chi connectivity index (χ4v) is 1.36. The Bertz CT molecular complexity index is 509. The van der Waals surface area contributed by atoms with E-state index in [0.29, 0.717) is 5.71 Å². The van der Waals surface area contributed by atoms with E-state index in [2.05, 4.69) is 26.0 Å². The number of rotatable bonds is 4. The fraction of sp³-hybridized carbons (Fsp3) is 0.182. The zero-order valence-corrected chi connectivity index (χ0v) is 9.46. The maximum absolute atomic E-state index is 11.4. The van der Waals surface area contributed by atoms with Crippen LogP contribution in [0.1, 0.15) is 18.4 Å². The molecule has 2 rings (SSSR count). The van der Waals surface area contributed by atoms with E-state index >= 15 is 0 Å². The quantitative estimate of drug-likeness (QED) is 0.568. The lowest BCUT2D eigenvalue weighted by Crippen LogP contribution is -2.20. The fourth-order valence-electron chi connectivity index (χ4n) is 1.36. The lowest BCUT2D eigenvalue weighted by molar-refractivity contribution is -0.119. The molecule has 0 saturated heterocycles. The Morgan fingerprint density at radius 1 is 1.61 bits per heavy atom. The van der Waals surface area contributed by atoms with Crippen molar-refractivity contribution in [1.82, 2.24) is 15.8 Å². The van der Waals surface area contributed by atoms with Crippen LogP contribution in [-0.4, -0.2) is 28.7 Å². The summed E-state index contributed by atoms with van der Waals surface area (Å²) in [6, 6.07) is 3.58. The van der Waals surface area contributed by atoms with Crippen LogP contribution in [0.25, 0.3) is 0 Å². The topological polar surface area (TPSA) is 95.8 Å². The number of nitrogens with one attached hydrogen (secondary N) is 2. The maximum atomic E-state index is 11.4. The first-order valence-corrected chi connectivity index (χ1v) is 5.30. The van der Waals surface area contributed by atoms with Crippen molar-refractivity contribution in [3.05, 3.63) is 30.1 Å². The van der Waals surface area contributed by atoms with Gasteiger partial charge in [-0.15, -0.1) is 0 Å². The Morgan fingerprint density at radius 2 is 2.50 bits per heavy atom. The zero-order valence-electron chi connectivity index (χ0n) is 9.46. The van der Waals surface area contributed by atoms with Crippen LogP contribution in [0.3, 0.4) is 0 Å². The Morgan fingerprint density at radius 3 is 3.17 bits per heavy atom. The maximum Gasteiger partial charge on any atom is 0.245 e. The van der Waals surface area contributed by atoms with Gasteiger partial charge in [0.15, 0.2) is 0 Å². The van der Waals surface area contributed by atoms with E-state index in [4.69, 9.17) is 0 Å². The van der Waals surface area contributed by atoms with Crippen molar-refractivity contribution in [1.29, 1.82) is 0 Å². The number of pyridine rings is 1. The molecule has 0 atom stereocenters. The van der Waals surface area contributed by atoms with Crippen molar-refractivity contribution in [3.8, 4) is 0 Å². The van der Waals surface area contributed by atoms with Crippen LogP contribution in [0, 0.1) is 0 Å². The van der Waals surface area contributed by atoms with Gasteiger partial charge in [-0.1, -0.05) is 6.07 Å². The normalized spacial score (nSPS) is 14.4. The molecule has 0 fully saturated rings. The molecule has 1 aliphatic heterocycles. The summed E-state index contributed by atoms with van der Waals surface area (Å²) in [5, 5.41) is 7.50. The van der Waals surface area contributed by atoms with Crippen LogP contribution in [0.2, 0.25) is 0 Å². The van der Waals surface area contributed by atoms with Crippen LogP contribution < -0.4 is 10.9 Å². The molecular formula is C11H11N5O2. The first-order chi connectivity index (χ1) is 8.74. The van der Waals surface area contributed by atoms with Gasteiger partial charge in [-0.2, -0.15) is 10.2 Å². The number of hydrogen-bond acceptors (Lipinski definition) is 5. The van der Waals surface area contributed by atoms with E-state index in [0.717, 1.165) is 5.56 Å². The van der Waals surface area contributed by atoms with Gasteiger partial charge in [0, 0.05) is 18.0 Å². The van der Waals surface area contributed by atoms with E-state index in [-0.39, 0.29) is 24.7 Å². The minimum atomic E-state index is -0.314. The summed E-state index contributed by atoms with van der Waals surface area (Å²) in [5.41, 5.74) is 5.93. The van der Waals surface area contributed by atoms with Crippen molar-refractivity contribution in [2.75, 3.05) is 0 Å². The van der Waals surface area contributed by atoms with E-state index in [1.165, 1.54) is 6.21 Å². The van der Waals surface area contributed by atoms with Crippen LogP contribution in [0.4, 0.5) is 0 Å². The Labute approximate surface area is 103 Å². The molecule has 92 valence electrons. The summed E-state index contributed by atoms with van der Waals surface area (Å²) in [4.78, 5) is 26.2. The summed E-state index contributed by atoms with van der Waals surface area (Å²) < 4.78 is 0. The van der Waals surface area contributed by atoms with E-state index in [1.54, 1.807) is 18.5 Å². The third-order valence-electron chi connectivity index (χ3n) is 2.16. The molecule has 2 N–H and O–H groups in total. The molecule has 7 nitrogen and oxygen atoms in total. The minimum absolute atomic E-state index is 0.0587. The molecule has 18 heavy (non-hydrogen) atoms. The zero-order chi connectivity index (χ0) is 12.8. The number of amides is 2. The summed E-state index contributed by atoms with van der Waals surface area (Å²) in [5.74, 6) is -0.512. The molecule has 0 bridgehead atoms. The van der Waals surface area contributed by atoms with Crippen LogP contribution in [0.15, 0.2) is 34.7 Å². The molecule has 1 aromatic heterocycles. The van der Waals surface area contributed by atoms with Gasteiger partial charge >= 0.3 is 0 Å². The lowest BCUT2D eigenvalue weighted by atomic mass is 10.2. The molecule has 0 saturated carbocycles. The third kappa shape index (κ3) is 3.48. The van der Waals surface area contributed by atoms with Crippen molar-refractivity contribution in [3.63, 3.8) is 0 Å². The van der Waals surface area contributed by atoms with Gasteiger partial charge in [0.05, 0.1) is 24.8 Å². The number of hydrogen-bond donors (Lipinski definition) is 2. The highest BCUT2D eigenvalue weighted by Gasteiger charge is 2.16. The van der Waals surface area contributed by atoms with Crippen LogP contribution in [0.5, 0.6) is 0 Å². The van der Waals surface area contributed by atoms with Gasteiger partial charge in [-0.05, 0) is 6.07 Å². The van der Waals surface area contributed by atoms with Crippen molar-refractivity contribution in [2.24, 2.45) is 10.2 Å². The summed E-state index contributed by atoms with van der Waals surface area (Å²) in [6.07, 6.45) is 4.99. The smallest absolute Gasteiger partial charge is 0.245 e. The molecule has 0 aromatic carbocycles. The number of nitrogens with zero attached hydrogens (tertiary/aromatic N) is 3. The van der Waals surface area contributed by atoms with Gasteiger partial charge in [-0.3, -0.25) is 14.6 Å². The second kappa shape index (κ2) is 5.67. The van der Waals surface area contributed by atoms with E-state index in [1.807, 2.05) is 6.07 Å². The molecule has 2 heterocycles. The molecule has 0 radical (unpaired) electrons. The monoisotopic (exact) mass is 245 g/mol. The minimum Gasteiger partial charge on any atom is -0.273 e. The molecule has 7 heteroatoms. The predicted octanol–water partition coefficient (Wildman–Crippen LogP) is -0.202. The van der Waals surface area contributed by atoms with Crippen molar-refractivity contribution >= 4 is 23.7 Å². The van der Waals surface area contributed by atoms with Crippen molar-refractivity contribution < 1.29 is 9.59 Å². The Kier molecular flexibility index (Phi) is 3.75. The Hall–Kier alpha value is -2.57. The summed E-state index contributed by atoms with van der Waals surface area (Å²) in [6.45, 7) is 0.